The number of urea groups is 1. The van der Waals surface area contributed by atoms with Gasteiger partial charge in [0.15, 0.2) is 0 Å². The highest BCUT2D eigenvalue weighted by molar-refractivity contribution is 5.79. The fourth-order valence-electron chi connectivity index (χ4n) is 4.40. The predicted molar refractivity (Wildman–Crippen MR) is 99.4 cm³/mol. The first-order valence-corrected chi connectivity index (χ1v) is 9.82. The molecule has 0 bridgehead atoms. The van der Waals surface area contributed by atoms with Gasteiger partial charge in [0.1, 0.15) is 12.4 Å². The van der Waals surface area contributed by atoms with E-state index < -0.39 is 0 Å². The van der Waals surface area contributed by atoms with Crippen molar-refractivity contribution in [2.45, 2.75) is 37.8 Å². The molecule has 7 nitrogen and oxygen atoms in total. The summed E-state index contributed by atoms with van der Waals surface area (Å²) in [5.74, 6) is 0.741. The molecule has 2 N–H and O–H groups in total. The van der Waals surface area contributed by atoms with E-state index in [4.69, 9.17) is 4.74 Å². The molecule has 3 heterocycles. The minimum atomic E-state index is -0.101. The van der Waals surface area contributed by atoms with Crippen LogP contribution in [0, 0.1) is 5.92 Å². The van der Waals surface area contributed by atoms with Gasteiger partial charge in [0.2, 0.25) is 5.91 Å². The quantitative estimate of drug-likeness (QED) is 0.820. The second-order valence-electron chi connectivity index (χ2n) is 7.80. The van der Waals surface area contributed by atoms with Gasteiger partial charge >= 0.3 is 6.03 Å². The number of benzene rings is 1. The van der Waals surface area contributed by atoms with Crippen LogP contribution in [0.5, 0.6) is 5.75 Å². The van der Waals surface area contributed by atoms with Gasteiger partial charge in [-0.05, 0) is 43.2 Å². The zero-order valence-corrected chi connectivity index (χ0v) is 15.5. The maximum Gasteiger partial charge on any atom is 0.320 e. The van der Waals surface area contributed by atoms with Gasteiger partial charge in [0.05, 0.1) is 12.1 Å². The largest absolute Gasteiger partial charge is 0.508 e. The third-order valence-corrected chi connectivity index (χ3v) is 5.98. The zero-order valence-electron chi connectivity index (χ0n) is 15.5. The molecule has 27 heavy (non-hydrogen) atoms. The number of piperidine rings is 2. The molecule has 0 aliphatic carbocycles. The zero-order chi connectivity index (χ0) is 18.8. The maximum atomic E-state index is 12.9. The van der Waals surface area contributed by atoms with E-state index in [1.165, 1.54) is 0 Å². The maximum absolute atomic E-state index is 12.9. The Morgan fingerprint density at radius 3 is 2.67 bits per heavy atom. The topological polar surface area (TPSA) is 82.1 Å². The van der Waals surface area contributed by atoms with Crippen molar-refractivity contribution in [3.8, 4) is 5.75 Å². The summed E-state index contributed by atoms with van der Waals surface area (Å²) in [6.07, 6.45) is 3.53. The summed E-state index contributed by atoms with van der Waals surface area (Å²) in [6.45, 7) is 2.80. The van der Waals surface area contributed by atoms with Crippen LogP contribution in [0.4, 0.5) is 4.79 Å². The number of aromatic hydroxyl groups is 1. The number of phenolic OH excluding ortho intramolecular Hbond substituents is 1. The first-order valence-electron chi connectivity index (χ1n) is 9.82. The minimum absolute atomic E-state index is 0.0241. The van der Waals surface area contributed by atoms with Gasteiger partial charge in [-0.2, -0.15) is 0 Å². The molecule has 0 spiro atoms. The Bertz CT molecular complexity index is 702. The van der Waals surface area contributed by atoms with Gasteiger partial charge in [0, 0.05) is 26.2 Å². The van der Waals surface area contributed by atoms with Crippen molar-refractivity contribution in [3.63, 3.8) is 0 Å². The van der Waals surface area contributed by atoms with E-state index >= 15 is 0 Å². The molecule has 1 aromatic rings. The lowest BCUT2D eigenvalue weighted by Gasteiger charge is -2.43. The molecule has 0 radical (unpaired) electrons. The van der Waals surface area contributed by atoms with Gasteiger partial charge in [-0.25, -0.2) is 4.79 Å². The smallest absolute Gasteiger partial charge is 0.320 e. The average molecular weight is 373 g/mol. The second kappa shape index (κ2) is 7.76. The fourth-order valence-corrected chi connectivity index (χ4v) is 4.40. The normalized spacial score (nSPS) is 26.4. The first-order chi connectivity index (χ1) is 13.1. The number of carbonyl (C=O) groups is 2. The molecular weight excluding hydrogens is 346 g/mol. The molecule has 146 valence electrons. The highest BCUT2D eigenvalue weighted by Gasteiger charge is 2.37. The van der Waals surface area contributed by atoms with Crippen LogP contribution in [0.1, 0.15) is 24.8 Å². The van der Waals surface area contributed by atoms with E-state index in [9.17, 15) is 14.7 Å². The van der Waals surface area contributed by atoms with Crippen molar-refractivity contribution in [1.29, 1.82) is 0 Å². The third-order valence-electron chi connectivity index (χ3n) is 5.98. The number of nitrogens with one attached hydrogen (secondary N) is 1. The molecular formula is C20H27N3O4. The highest BCUT2D eigenvalue weighted by atomic mass is 16.5. The summed E-state index contributed by atoms with van der Waals surface area (Å²) < 4.78 is 5.56. The van der Waals surface area contributed by atoms with E-state index in [0.29, 0.717) is 24.8 Å². The van der Waals surface area contributed by atoms with Crippen LogP contribution < -0.4 is 5.32 Å². The number of hydrogen-bond acceptors (Lipinski definition) is 4. The number of amides is 3. The molecule has 3 aliphatic heterocycles. The van der Waals surface area contributed by atoms with Gasteiger partial charge in [-0.1, -0.05) is 18.2 Å². The number of ether oxygens (including phenoxy) is 1. The van der Waals surface area contributed by atoms with Gasteiger partial charge in [-0.15, -0.1) is 0 Å². The Morgan fingerprint density at radius 2 is 1.89 bits per heavy atom. The Hall–Kier alpha value is -2.28. The number of fused-ring (bicyclic) bond motifs is 1. The minimum Gasteiger partial charge on any atom is -0.508 e. The number of likely N-dealkylation sites (tertiary alicyclic amines) is 2. The van der Waals surface area contributed by atoms with Crippen LogP contribution in [0.25, 0.3) is 0 Å². The first kappa shape index (κ1) is 18.1. The molecule has 2 atom stereocenters. The summed E-state index contributed by atoms with van der Waals surface area (Å²) in [4.78, 5) is 28.2. The second-order valence-corrected chi connectivity index (χ2v) is 7.80. The Kier molecular flexibility index (Phi) is 5.20. The van der Waals surface area contributed by atoms with Crippen molar-refractivity contribution >= 4 is 11.9 Å². The number of nitrogens with zero attached hydrogens (tertiary/aromatic N) is 2. The van der Waals surface area contributed by atoms with Crippen molar-refractivity contribution in [2.24, 2.45) is 5.92 Å². The van der Waals surface area contributed by atoms with E-state index in [-0.39, 0.29) is 30.7 Å². The standard InChI is InChI=1S/C20H27N3O4/c24-17-4-2-1-3-15(17)11-14-5-8-22(9-6-14)20(26)23-10-7-18-16(12-23)21-19(25)13-27-18/h1-4,14,16,18,24H,5-13H2,(H,21,25). The fraction of sp³-hybridized carbons (Fsp3) is 0.600. The van der Waals surface area contributed by atoms with Gasteiger partial charge in [-0.3, -0.25) is 4.79 Å². The van der Waals surface area contributed by atoms with Gasteiger partial charge < -0.3 is 25.0 Å². The van der Waals surface area contributed by atoms with Crippen LogP contribution in [0.3, 0.4) is 0 Å². The van der Waals surface area contributed by atoms with Crippen LogP contribution in [-0.2, 0) is 16.0 Å². The number of carbonyl (C=O) groups excluding carboxylic acids is 2. The van der Waals surface area contributed by atoms with E-state index in [1.54, 1.807) is 6.07 Å². The molecule has 7 heteroatoms. The summed E-state index contributed by atoms with van der Waals surface area (Å²) in [5, 5.41) is 12.9. The van der Waals surface area contributed by atoms with Crippen LogP contribution in [0.15, 0.2) is 24.3 Å². The predicted octanol–water partition coefficient (Wildman–Crippen LogP) is 1.36. The van der Waals surface area contributed by atoms with Crippen molar-refractivity contribution in [1.82, 2.24) is 15.1 Å². The lowest BCUT2D eigenvalue weighted by molar-refractivity contribution is -0.139. The Morgan fingerprint density at radius 1 is 1.15 bits per heavy atom. The van der Waals surface area contributed by atoms with Crippen molar-refractivity contribution < 1.29 is 19.4 Å². The summed E-state index contributed by atoms with van der Waals surface area (Å²) in [5.41, 5.74) is 0.984. The van der Waals surface area contributed by atoms with E-state index in [1.807, 2.05) is 28.0 Å². The number of para-hydroxylation sites is 1. The Balaban J connectivity index is 1.28. The summed E-state index contributed by atoms with van der Waals surface area (Å²) in [6, 6.07) is 7.45. The van der Waals surface area contributed by atoms with Crippen LogP contribution in [0.2, 0.25) is 0 Å². The molecule has 2 unspecified atom stereocenters. The summed E-state index contributed by atoms with van der Waals surface area (Å²) >= 11 is 0. The van der Waals surface area contributed by atoms with Crippen molar-refractivity contribution in [2.75, 3.05) is 32.8 Å². The molecule has 0 aromatic heterocycles. The molecule has 4 rings (SSSR count). The summed E-state index contributed by atoms with van der Waals surface area (Å²) in [7, 11) is 0. The van der Waals surface area contributed by atoms with Crippen LogP contribution in [-0.4, -0.2) is 71.8 Å². The highest BCUT2D eigenvalue weighted by Crippen LogP contribution is 2.27. The number of rotatable bonds is 2. The van der Waals surface area contributed by atoms with Gasteiger partial charge in [0.25, 0.3) is 0 Å². The molecule has 1 aromatic carbocycles. The molecule has 0 saturated carbocycles. The van der Waals surface area contributed by atoms with E-state index in [0.717, 1.165) is 44.3 Å². The molecule has 3 fully saturated rings. The third kappa shape index (κ3) is 4.03. The molecule has 3 saturated heterocycles. The number of morpholine rings is 1. The lowest BCUT2D eigenvalue weighted by atomic mass is 9.90. The SMILES string of the molecule is O=C1COC2CCN(C(=O)N3CCC(Cc4ccccc4O)CC3)CC2N1. The number of hydrogen-bond donors (Lipinski definition) is 2. The van der Waals surface area contributed by atoms with Crippen molar-refractivity contribution in [3.05, 3.63) is 29.8 Å². The Labute approximate surface area is 159 Å². The van der Waals surface area contributed by atoms with Crippen LogP contribution >= 0.6 is 0 Å². The molecule has 3 aliphatic rings. The average Bonchev–Trinajstić information content (AvgIpc) is 2.69. The van der Waals surface area contributed by atoms with E-state index in [2.05, 4.69) is 5.32 Å². The monoisotopic (exact) mass is 373 g/mol. The lowest BCUT2D eigenvalue weighted by Crippen LogP contribution is -2.62. The molecule has 3 amide bonds. The number of phenols is 1.